The van der Waals surface area contributed by atoms with Gasteiger partial charge in [0.1, 0.15) is 11.5 Å². The number of thioether (sulfide) groups is 1. The van der Waals surface area contributed by atoms with Gasteiger partial charge >= 0.3 is 0 Å². The van der Waals surface area contributed by atoms with Crippen LogP contribution in [0.1, 0.15) is 16.9 Å². The molecule has 0 N–H and O–H groups in total. The van der Waals surface area contributed by atoms with E-state index in [1.54, 1.807) is 6.26 Å². The summed E-state index contributed by atoms with van der Waals surface area (Å²) >= 11 is 1.82. The maximum atomic E-state index is 5.84. The molecule has 2 rings (SSSR count). The van der Waals surface area contributed by atoms with Crippen LogP contribution in [0.25, 0.3) is 0 Å². The smallest absolute Gasteiger partial charge is 0.125 e. The first-order valence-corrected chi connectivity index (χ1v) is 7.22. The Kier molecular flexibility index (Phi) is 4.76. The molecule has 0 unspecified atom stereocenters. The first kappa shape index (κ1) is 13.1. The van der Waals surface area contributed by atoms with E-state index in [2.05, 4.69) is 32.0 Å². The Morgan fingerprint density at radius 1 is 1.11 bits per heavy atom. The Balaban J connectivity index is 1.72. The second-order valence-electron chi connectivity index (χ2n) is 4.20. The molecular formula is C15H18O2S. The van der Waals surface area contributed by atoms with E-state index in [1.807, 2.05) is 23.9 Å². The largest absolute Gasteiger partial charge is 0.492 e. The Labute approximate surface area is 112 Å². The van der Waals surface area contributed by atoms with Crippen molar-refractivity contribution in [2.24, 2.45) is 0 Å². The SMILES string of the molecule is Cc1cccc(C)c1OCCSCc1ccco1. The number of ether oxygens (including phenoxy) is 1. The molecule has 0 amide bonds. The number of aryl methyl sites for hydroxylation is 2. The van der Waals surface area contributed by atoms with Gasteiger partial charge in [-0.1, -0.05) is 18.2 Å². The fraction of sp³-hybridized carbons (Fsp3) is 0.333. The standard InChI is InChI=1S/C15H18O2S/c1-12-5-3-6-13(2)15(12)17-9-10-18-11-14-7-4-8-16-14/h3-8H,9-11H2,1-2H3. The van der Waals surface area contributed by atoms with E-state index in [0.717, 1.165) is 29.6 Å². The van der Waals surface area contributed by atoms with Gasteiger partial charge in [-0.15, -0.1) is 0 Å². The lowest BCUT2D eigenvalue weighted by Gasteiger charge is -2.11. The monoisotopic (exact) mass is 262 g/mol. The highest BCUT2D eigenvalue weighted by Gasteiger charge is 2.03. The Hall–Kier alpha value is -1.35. The van der Waals surface area contributed by atoms with Gasteiger partial charge < -0.3 is 9.15 Å². The number of hydrogen-bond donors (Lipinski definition) is 0. The third kappa shape index (κ3) is 3.57. The van der Waals surface area contributed by atoms with Gasteiger partial charge in [0.15, 0.2) is 0 Å². The molecule has 0 atom stereocenters. The first-order valence-electron chi connectivity index (χ1n) is 6.06. The van der Waals surface area contributed by atoms with E-state index in [-0.39, 0.29) is 0 Å². The summed E-state index contributed by atoms with van der Waals surface area (Å²) in [6.07, 6.45) is 1.71. The molecule has 0 radical (unpaired) electrons. The van der Waals surface area contributed by atoms with Gasteiger partial charge in [0.05, 0.1) is 18.6 Å². The van der Waals surface area contributed by atoms with Gasteiger partial charge in [-0.05, 0) is 37.1 Å². The number of benzene rings is 1. The summed E-state index contributed by atoms with van der Waals surface area (Å²) in [6, 6.07) is 10.1. The molecule has 0 spiro atoms. The van der Waals surface area contributed by atoms with Crippen molar-refractivity contribution in [3.8, 4) is 5.75 Å². The zero-order valence-corrected chi connectivity index (χ0v) is 11.6. The van der Waals surface area contributed by atoms with E-state index in [4.69, 9.17) is 9.15 Å². The van der Waals surface area contributed by atoms with E-state index in [1.165, 1.54) is 11.1 Å². The van der Waals surface area contributed by atoms with Gasteiger partial charge in [0.25, 0.3) is 0 Å². The maximum absolute atomic E-state index is 5.84. The number of para-hydroxylation sites is 1. The summed E-state index contributed by atoms with van der Waals surface area (Å²) in [4.78, 5) is 0. The Morgan fingerprint density at radius 2 is 1.89 bits per heavy atom. The normalized spacial score (nSPS) is 10.6. The first-order chi connectivity index (χ1) is 8.77. The molecule has 0 saturated carbocycles. The van der Waals surface area contributed by atoms with Crippen LogP contribution in [0.5, 0.6) is 5.75 Å². The van der Waals surface area contributed by atoms with E-state index >= 15 is 0 Å². The summed E-state index contributed by atoms with van der Waals surface area (Å²) in [7, 11) is 0. The van der Waals surface area contributed by atoms with Crippen LogP contribution in [-0.2, 0) is 5.75 Å². The molecule has 2 nitrogen and oxygen atoms in total. The molecule has 1 aromatic carbocycles. The van der Waals surface area contributed by atoms with Crippen molar-refractivity contribution in [3.63, 3.8) is 0 Å². The predicted molar refractivity (Wildman–Crippen MR) is 76.3 cm³/mol. The van der Waals surface area contributed by atoms with Gasteiger partial charge in [-0.3, -0.25) is 0 Å². The van der Waals surface area contributed by atoms with E-state index in [0.29, 0.717) is 0 Å². The zero-order valence-electron chi connectivity index (χ0n) is 10.8. The average molecular weight is 262 g/mol. The molecule has 2 aromatic rings. The highest BCUT2D eigenvalue weighted by atomic mass is 32.2. The van der Waals surface area contributed by atoms with Gasteiger partial charge in [0.2, 0.25) is 0 Å². The molecule has 18 heavy (non-hydrogen) atoms. The highest BCUT2D eigenvalue weighted by Crippen LogP contribution is 2.22. The predicted octanol–water partition coefficient (Wildman–Crippen LogP) is 4.21. The minimum Gasteiger partial charge on any atom is -0.492 e. The molecule has 1 aromatic heterocycles. The zero-order chi connectivity index (χ0) is 12.8. The molecule has 3 heteroatoms. The van der Waals surface area contributed by atoms with Gasteiger partial charge in [0, 0.05) is 5.75 Å². The van der Waals surface area contributed by atoms with Crippen molar-refractivity contribution >= 4 is 11.8 Å². The number of rotatable bonds is 6. The van der Waals surface area contributed by atoms with Crippen LogP contribution >= 0.6 is 11.8 Å². The summed E-state index contributed by atoms with van der Waals surface area (Å²) in [6.45, 7) is 4.90. The average Bonchev–Trinajstić information content (AvgIpc) is 2.85. The van der Waals surface area contributed by atoms with Crippen LogP contribution in [0.15, 0.2) is 41.0 Å². The molecule has 96 valence electrons. The quantitative estimate of drug-likeness (QED) is 0.728. The fourth-order valence-electron chi connectivity index (χ4n) is 1.80. The Morgan fingerprint density at radius 3 is 2.56 bits per heavy atom. The van der Waals surface area contributed by atoms with Crippen molar-refractivity contribution in [1.82, 2.24) is 0 Å². The molecular weight excluding hydrogens is 244 g/mol. The Bertz CT molecular complexity index is 457. The maximum Gasteiger partial charge on any atom is 0.125 e. The third-order valence-electron chi connectivity index (χ3n) is 2.71. The van der Waals surface area contributed by atoms with Gasteiger partial charge in [-0.25, -0.2) is 0 Å². The van der Waals surface area contributed by atoms with Crippen molar-refractivity contribution < 1.29 is 9.15 Å². The van der Waals surface area contributed by atoms with Crippen LogP contribution in [0.2, 0.25) is 0 Å². The van der Waals surface area contributed by atoms with Crippen molar-refractivity contribution in [3.05, 3.63) is 53.5 Å². The molecule has 0 aliphatic carbocycles. The van der Waals surface area contributed by atoms with Crippen molar-refractivity contribution in [2.45, 2.75) is 19.6 Å². The summed E-state index contributed by atoms with van der Waals surface area (Å²) < 4.78 is 11.1. The second kappa shape index (κ2) is 6.55. The van der Waals surface area contributed by atoms with Crippen LogP contribution in [-0.4, -0.2) is 12.4 Å². The van der Waals surface area contributed by atoms with Crippen LogP contribution in [0.4, 0.5) is 0 Å². The molecule has 1 heterocycles. The molecule has 0 saturated heterocycles. The molecule has 0 aliphatic rings. The van der Waals surface area contributed by atoms with Crippen LogP contribution < -0.4 is 4.74 Å². The van der Waals surface area contributed by atoms with Gasteiger partial charge in [-0.2, -0.15) is 11.8 Å². The summed E-state index contributed by atoms with van der Waals surface area (Å²) in [5.41, 5.74) is 2.40. The number of furan rings is 1. The minimum atomic E-state index is 0.733. The second-order valence-corrected chi connectivity index (χ2v) is 5.31. The molecule has 0 fully saturated rings. The minimum absolute atomic E-state index is 0.733. The molecule has 0 aliphatic heterocycles. The van der Waals surface area contributed by atoms with Crippen molar-refractivity contribution in [2.75, 3.05) is 12.4 Å². The highest BCUT2D eigenvalue weighted by molar-refractivity contribution is 7.98. The molecule has 0 bridgehead atoms. The third-order valence-corrected chi connectivity index (χ3v) is 3.65. The lowest BCUT2D eigenvalue weighted by Crippen LogP contribution is -2.03. The lowest BCUT2D eigenvalue weighted by atomic mass is 10.1. The summed E-state index contributed by atoms with van der Waals surface area (Å²) in [5, 5.41) is 0. The van der Waals surface area contributed by atoms with Crippen molar-refractivity contribution in [1.29, 1.82) is 0 Å². The fourth-order valence-corrected chi connectivity index (χ4v) is 2.51. The van der Waals surface area contributed by atoms with Crippen LogP contribution in [0.3, 0.4) is 0 Å². The van der Waals surface area contributed by atoms with Crippen LogP contribution in [0, 0.1) is 13.8 Å². The van der Waals surface area contributed by atoms with E-state index in [9.17, 15) is 0 Å². The topological polar surface area (TPSA) is 22.4 Å². The number of hydrogen-bond acceptors (Lipinski definition) is 3. The van der Waals surface area contributed by atoms with E-state index < -0.39 is 0 Å². The lowest BCUT2D eigenvalue weighted by molar-refractivity contribution is 0.339. The summed E-state index contributed by atoms with van der Waals surface area (Å²) in [5.74, 6) is 3.92.